The fraction of sp³-hybridized carbons (Fsp3) is 0.538. The Morgan fingerprint density at radius 2 is 2.25 bits per heavy atom. The SMILES string of the molecule is CC1CCN(S(=O)(=O)CCc2ccccn2)C1C(=O)O. The molecule has 0 spiro atoms. The molecule has 110 valence electrons. The van der Waals surface area contributed by atoms with Gasteiger partial charge in [-0.05, 0) is 24.5 Å². The average molecular weight is 298 g/mol. The summed E-state index contributed by atoms with van der Waals surface area (Å²) in [5.41, 5.74) is 0.690. The number of aryl methyl sites for hydroxylation is 1. The molecule has 1 fully saturated rings. The summed E-state index contributed by atoms with van der Waals surface area (Å²) >= 11 is 0. The van der Waals surface area contributed by atoms with Gasteiger partial charge < -0.3 is 5.11 Å². The number of sulfonamides is 1. The molecular formula is C13H18N2O4S. The molecule has 1 aliphatic rings. The van der Waals surface area contributed by atoms with Gasteiger partial charge in [0.25, 0.3) is 0 Å². The van der Waals surface area contributed by atoms with E-state index in [4.69, 9.17) is 0 Å². The lowest BCUT2D eigenvalue weighted by atomic mass is 10.0. The van der Waals surface area contributed by atoms with Crippen molar-refractivity contribution in [2.45, 2.75) is 25.8 Å². The highest BCUT2D eigenvalue weighted by Crippen LogP contribution is 2.27. The maximum Gasteiger partial charge on any atom is 0.322 e. The molecule has 0 aromatic carbocycles. The topological polar surface area (TPSA) is 87.6 Å². The fourth-order valence-electron chi connectivity index (χ4n) is 2.49. The van der Waals surface area contributed by atoms with Crippen LogP contribution in [0.15, 0.2) is 24.4 Å². The maximum absolute atomic E-state index is 12.3. The summed E-state index contributed by atoms with van der Waals surface area (Å²) in [6, 6.07) is 4.38. The van der Waals surface area contributed by atoms with Gasteiger partial charge in [0.15, 0.2) is 0 Å². The molecule has 0 saturated carbocycles. The van der Waals surface area contributed by atoms with E-state index in [1.54, 1.807) is 31.3 Å². The van der Waals surface area contributed by atoms with Crippen molar-refractivity contribution in [1.82, 2.24) is 9.29 Å². The summed E-state index contributed by atoms with van der Waals surface area (Å²) in [7, 11) is -3.57. The fourth-order valence-corrected chi connectivity index (χ4v) is 4.22. The van der Waals surface area contributed by atoms with E-state index >= 15 is 0 Å². The molecule has 20 heavy (non-hydrogen) atoms. The molecule has 0 amide bonds. The van der Waals surface area contributed by atoms with E-state index in [9.17, 15) is 18.3 Å². The first kappa shape index (κ1) is 14.9. The zero-order valence-corrected chi connectivity index (χ0v) is 12.1. The lowest BCUT2D eigenvalue weighted by molar-refractivity contribution is -0.141. The average Bonchev–Trinajstić information content (AvgIpc) is 2.81. The predicted octanol–water partition coefficient (Wildman–Crippen LogP) is 0.749. The minimum Gasteiger partial charge on any atom is -0.480 e. The van der Waals surface area contributed by atoms with Crippen molar-refractivity contribution in [3.05, 3.63) is 30.1 Å². The highest BCUT2D eigenvalue weighted by Gasteiger charge is 2.42. The molecule has 0 radical (unpaired) electrons. The van der Waals surface area contributed by atoms with Crippen molar-refractivity contribution in [3.8, 4) is 0 Å². The molecule has 2 atom stereocenters. The van der Waals surface area contributed by atoms with Crippen molar-refractivity contribution in [3.63, 3.8) is 0 Å². The second-order valence-corrected chi connectivity index (χ2v) is 7.09. The molecule has 1 N–H and O–H groups in total. The van der Waals surface area contributed by atoms with Crippen LogP contribution >= 0.6 is 0 Å². The Hall–Kier alpha value is -1.47. The van der Waals surface area contributed by atoms with E-state index in [1.165, 1.54) is 0 Å². The van der Waals surface area contributed by atoms with E-state index in [2.05, 4.69) is 4.98 Å². The van der Waals surface area contributed by atoms with Gasteiger partial charge >= 0.3 is 5.97 Å². The van der Waals surface area contributed by atoms with Gasteiger partial charge in [-0.2, -0.15) is 4.31 Å². The Kier molecular flexibility index (Phi) is 4.39. The monoisotopic (exact) mass is 298 g/mol. The zero-order chi connectivity index (χ0) is 14.8. The van der Waals surface area contributed by atoms with Gasteiger partial charge in [-0.15, -0.1) is 0 Å². The Bertz CT molecular complexity index is 573. The molecule has 0 aliphatic carbocycles. The molecule has 1 saturated heterocycles. The number of hydrogen-bond donors (Lipinski definition) is 1. The van der Waals surface area contributed by atoms with E-state index in [-0.39, 0.29) is 18.2 Å². The van der Waals surface area contributed by atoms with Crippen LogP contribution in [0.3, 0.4) is 0 Å². The quantitative estimate of drug-likeness (QED) is 0.866. The summed E-state index contributed by atoms with van der Waals surface area (Å²) in [4.78, 5) is 15.3. The van der Waals surface area contributed by atoms with Crippen LogP contribution in [0.5, 0.6) is 0 Å². The highest BCUT2D eigenvalue weighted by molar-refractivity contribution is 7.89. The lowest BCUT2D eigenvalue weighted by Gasteiger charge is -2.22. The number of hydrogen-bond acceptors (Lipinski definition) is 4. The number of rotatable bonds is 5. The van der Waals surface area contributed by atoms with Crippen LogP contribution < -0.4 is 0 Å². The second-order valence-electron chi connectivity index (χ2n) is 5.05. The van der Waals surface area contributed by atoms with Crippen LogP contribution in [0.25, 0.3) is 0 Å². The molecular weight excluding hydrogens is 280 g/mol. The molecule has 1 aromatic rings. The van der Waals surface area contributed by atoms with E-state index in [1.807, 2.05) is 0 Å². The van der Waals surface area contributed by atoms with Crippen LogP contribution in [-0.2, 0) is 21.2 Å². The largest absolute Gasteiger partial charge is 0.480 e. The first-order chi connectivity index (χ1) is 9.42. The van der Waals surface area contributed by atoms with Gasteiger partial charge in [-0.1, -0.05) is 13.0 Å². The first-order valence-corrected chi connectivity index (χ1v) is 8.15. The van der Waals surface area contributed by atoms with Gasteiger partial charge in [0.05, 0.1) is 5.75 Å². The normalized spacial score (nSPS) is 23.9. The highest BCUT2D eigenvalue weighted by atomic mass is 32.2. The molecule has 1 aliphatic heterocycles. The molecule has 1 aromatic heterocycles. The van der Waals surface area contributed by atoms with Crippen LogP contribution in [0.1, 0.15) is 19.0 Å². The number of aromatic nitrogens is 1. The minimum atomic E-state index is -3.57. The van der Waals surface area contributed by atoms with Crippen LogP contribution in [0.2, 0.25) is 0 Å². The first-order valence-electron chi connectivity index (χ1n) is 6.54. The summed E-state index contributed by atoms with van der Waals surface area (Å²) in [5, 5.41) is 9.18. The summed E-state index contributed by atoms with van der Waals surface area (Å²) in [5.74, 6) is -1.34. The van der Waals surface area contributed by atoms with Crippen molar-refractivity contribution < 1.29 is 18.3 Å². The minimum absolute atomic E-state index is 0.111. The molecule has 2 heterocycles. The van der Waals surface area contributed by atoms with Crippen LogP contribution in [-0.4, -0.2) is 47.1 Å². The van der Waals surface area contributed by atoms with Crippen molar-refractivity contribution in [2.75, 3.05) is 12.3 Å². The Labute approximate surface area is 118 Å². The van der Waals surface area contributed by atoms with Gasteiger partial charge in [-0.25, -0.2) is 8.42 Å². The summed E-state index contributed by atoms with van der Waals surface area (Å²) in [6.45, 7) is 2.05. The van der Waals surface area contributed by atoms with Crippen molar-refractivity contribution in [1.29, 1.82) is 0 Å². The van der Waals surface area contributed by atoms with Crippen LogP contribution in [0, 0.1) is 5.92 Å². The van der Waals surface area contributed by atoms with Crippen LogP contribution in [0.4, 0.5) is 0 Å². The van der Waals surface area contributed by atoms with E-state index in [0.29, 0.717) is 18.5 Å². The number of carboxylic acids is 1. The molecule has 7 heteroatoms. The number of pyridine rings is 1. The van der Waals surface area contributed by atoms with Gasteiger partial charge in [0, 0.05) is 24.9 Å². The third kappa shape index (κ3) is 3.16. The van der Waals surface area contributed by atoms with E-state index in [0.717, 1.165) is 4.31 Å². The Balaban J connectivity index is 2.08. The molecule has 0 bridgehead atoms. The molecule has 2 unspecified atom stereocenters. The van der Waals surface area contributed by atoms with Gasteiger partial charge in [0.1, 0.15) is 6.04 Å². The van der Waals surface area contributed by atoms with Gasteiger partial charge in [-0.3, -0.25) is 9.78 Å². The predicted molar refractivity (Wildman–Crippen MR) is 73.6 cm³/mol. The van der Waals surface area contributed by atoms with E-state index < -0.39 is 22.0 Å². The standard InChI is InChI=1S/C13H18N2O4S/c1-10-5-8-15(12(10)13(16)17)20(18,19)9-6-11-4-2-3-7-14-11/h2-4,7,10,12H,5-6,8-9H2,1H3,(H,16,17). The smallest absolute Gasteiger partial charge is 0.322 e. The second kappa shape index (κ2) is 5.88. The number of aliphatic carboxylic acids is 1. The summed E-state index contributed by atoms with van der Waals surface area (Å²) in [6.07, 6.45) is 2.49. The summed E-state index contributed by atoms with van der Waals surface area (Å²) < 4.78 is 25.7. The van der Waals surface area contributed by atoms with Gasteiger partial charge in [0.2, 0.25) is 10.0 Å². The third-order valence-electron chi connectivity index (χ3n) is 3.61. The maximum atomic E-state index is 12.3. The number of carbonyl (C=O) groups is 1. The third-order valence-corrected chi connectivity index (χ3v) is 5.45. The Morgan fingerprint density at radius 3 is 2.85 bits per heavy atom. The molecule has 6 nitrogen and oxygen atoms in total. The zero-order valence-electron chi connectivity index (χ0n) is 11.3. The van der Waals surface area contributed by atoms with Crippen molar-refractivity contribution in [2.24, 2.45) is 5.92 Å². The number of carboxylic acid groups (broad SMARTS) is 1. The lowest BCUT2D eigenvalue weighted by Crippen LogP contribution is -2.44. The number of nitrogens with zero attached hydrogens (tertiary/aromatic N) is 2. The Morgan fingerprint density at radius 1 is 1.50 bits per heavy atom. The van der Waals surface area contributed by atoms with Crippen molar-refractivity contribution >= 4 is 16.0 Å². The molecule has 2 rings (SSSR count).